The van der Waals surface area contributed by atoms with E-state index >= 15 is 0 Å². The summed E-state index contributed by atoms with van der Waals surface area (Å²) in [6.07, 6.45) is 3.92. The maximum Gasteiger partial charge on any atom is 0.265 e. The molecule has 1 aromatic carbocycles. The van der Waals surface area contributed by atoms with E-state index in [9.17, 15) is 18.8 Å². The molecule has 2 fully saturated rings. The molecule has 2 aromatic rings. The standard InChI is InChI=1S/C20H22FN3O3/c21-15-3-1-13(2-4-15)14-11-16-5-6-17(12-14)24(16)20(27)9-10-23-19(26)8-7-18(25)22-23/h1-4,7-8,14,16-17H,5-6,9-12H2,(H,22,25). The Morgan fingerprint density at radius 3 is 2.37 bits per heavy atom. The lowest BCUT2D eigenvalue weighted by Crippen LogP contribution is -2.46. The number of carbonyl (C=O) groups excluding carboxylic acids is 1. The van der Waals surface area contributed by atoms with Crippen molar-refractivity contribution in [2.45, 2.75) is 56.7 Å². The highest BCUT2D eigenvalue weighted by atomic mass is 19.1. The molecule has 0 radical (unpaired) electrons. The van der Waals surface area contributed by atoms with Gasteiger partial charge in [-0.1, -0.05) is 12.1 Å². The second kappa shape index (κ2) is 7.13. The molecule has 0 saturated carbocycles. The van der Waals surface area contributed by atoms with Crippen LogP contribution in [0.5, 0.6) is 0 Å². The molecule has 1 aromatic heterocycles. The average molecular weight is 371 g/mol. The largest absolute Gasteiger partial charge is 0.337 e. The van der Waals surface area contributed by atoms with Crippen LogP contribution in [0.4, 0.5) is 4.39 Å². The van der Waals surface area contributed by atoms with Crippen molar-refractivity contribution >= 4 is 5.91 Å². The number of aryl methyl sites for hydroxylation is 1. The number of aromatic amines is 1. The van der Waals surface area contributed by atoms with Crippen LogP contribution >= 0.6 is 0 Å². The number of nitrogens with one attached hydrogen (secondary N) is 1. The number of aromatic nitrogens is 2. The molecule has 1 amide bonds. The zero-order valence-corrected chi connectivity index (χ0v) is 14.9. The van der Waals surface area contributed by atoms with Gasteiger partial charge in [0.1, 0.15) is 5.82 Å². The Morgan fingerprint density at radius 1 is 1.04 bits per heavy atom. The summed E-state index contributed by atoms with van der Waals surface area (Å²) in [5.41, 5.74) is 0.455. The molecule has 2 atom stereocenters. The van der Waals surface area contributed by atoms with Gasteiger partial charge in [-0.3, -0.25) is 19.5 Å². The van der Waals surface area contributed by atoms with Crippen LogP contribution in [0, 0.1) is 5.82 Å². The Morgan fingerprint density at radius 2 is 1.70 bits per heavy atom. The monoisotopic (exact) mass is 371 g/mol. The van der Waals surface area contributed by atoms with E-state index in [1.54, 1.807) is 0 Å². The van der Waals surface area contributed by atoms with Gasteiger partial charge in [-0.05, 0) is 49.3 Å². The first-order valence-corrected chi connectivity index (χ1v) is 9.38. The number of H-pyrrole nitrogens is 1. The van der Waals surface area contributed by atoms with E-state index in [-0.39, 0.29) is 47.9 Å². The summed E-state index contributed by atoms with van der Waals surface area (Å²) in [6.45, 7) is 0.172. The Balaban J connectivity index is 1.42. The lowest BCUT2D eigenvalue weighted by molar-refractivity contribution is -0.136. The fraction of sp³-hybridized carbons (Fsp3) is 0.450. The van der Waals surface area contributed by atoms with Gasteiger partial charge in [0.15, 0.2) is 0 Å². The number of halogens is 1. The molecular formula is C20H22FN3O3. The number of piperidine rings is 1. The maximum atomic E-state index is 13.2. The van der Waals surface area contributed by atoms with E-state index < -0.39 is 0 Å². The number of hydrogen-bond acceptors (Lipinski definition) is 3. The van der Waals surface area contributed by atoms with E-state index in [0.717, 1.165) is 31.2 Å². The van der Waals surface area contributed by atoms with Crippen molar-refractivity contribution in [2.24, 2.45) is 0 Å². The quantitative estimate of drug-likeness (QED) is 0.893. The minimum Gasteiger partial charge on any atom is -0.337 e. The summed E-state index contributed by atoms with van der Waals surface area (Å²) in [6, 6.07) is 9.45. The Bertz CT molecular complexity index is 936. The third-order valence-corrected chi connectivity index (χ3v) is 5.80. The van der Waals surface area contributed by atoms with Crippen molar-refractivity contribution in [3.05, 3.63) is 68.5 Å². The zero-order chi connectivity index (χ0) is 19.0. The van der Waals surface area contributed by atoms with E-state index in [1.165, 1.54) is 28.9 Å². The summed E-state index contributed by atoms with van der Waals surface area (Å²) in [4.78, 5) is 37.9. The van der Waals surface area contributed by atoms with Crippen molar-refractivity contribution in [3.63, 3.8) is 0 Å². The topological polar surface area (TPSA) is 75.2 Å². The van der Waals surface area contributed by atoms with Crippen LogP contribution in [0.3, 0.4) is 0 Å². The van der Waals surface area contributed by atoms with Gasteiger partial charge < -0.3 is 4.90 Å². The maximum absolute atomic E-state index is 13.2. The van der Waals surface area contributed by atoms with Gasteiger partial charge in [0.25, 0.3) is 11.1 Å². The third kappa shape index (κ3) is 3.59. The van der Waals surface area contributed by atoms with Crippen molar-refractivity contribution in [1.29, 1.82) is 0 Å². The highest BCUT2D eigenvalue weighted by Crippen LogP contribution is 2.43. The number of hydrogen-bond donors (Lipinski definition) is 1. The van der Waals surface area contributed by atoms with Gasteiger partial charge in [-0.2, -0.15) is 0 Å². The molecule has 7 heteroatoms. The van der Waals surface area contributed by atoms with Gasteiger partial charge in [-0.25, -0.2) is 9.07 Å². The van der Waals surface area contributed by atoms with Gasteiger partial charge in [-0.15, -0.1) is 0 Å². The molecule has 3 heterocycles. The van der Waals surface area contributed by atoms with Crippen LogP contribution in [0.15, 0.2) is 46.0 Å². The fourth-order valence-corrected chi connectivity index (χ4v) is 4.56. The highest BCUT2D eigenvalue weighted by Gasteiger charge is 2.43. The second-order valence-electron chi connectivity index (χ2n) is 7.46. The third-order valence-electron chi connectivity index (χ3n) is 5.80. The summed E-state index contributed by atoms with van der Waals surface area (Å²) >= 11 is 0. The summed E-state index contributed by atoms with van der Waals surface area (Å²) in [7, 11) is 0. The molecule has 6 nitrogen and oxygen atoms in total. The Hall–Kier alpha value is -2.70. The molecule has 2 saturated heterocycles. The number of amides is 1. The number of benzene rings is 1. The smallest absolute Gasteiger partial charge is 0.265 e. The first kappa shape index (κ1) is 17.7. The molecule has 2 bridgehead atoms. The molecule has 2 aliphatic heterocycles. The molecule has 2 aliphatic rings. The average Bonchev–Trinajstić information content (AvgIpc) is 2.92. The normalized spacial score (nSPS) is 24.2. The fourth-order valence-electron chi connectivity index (χ4n) is 4.56. The van der Waals surface area contributed by atoms with E-state index in [0.29, 0.717) is 5.92 Å². The lowest BCUT2D eigenvalue weighted by Gasteiger charge is -2.39. The Kier molecular flexibility index (Phi) is 4.68. The number of nitrogens with zero attached hydrogens (tertiary/aromatic N) is 2. The number of fused-ring (bicyclic) bond motifs is 2. The molecule has 1 N–H and O–H groups in total. The minimum absolute atomic E-state index is 0.0247. The van der Waals surface area contributed by atoms with Gasteiger partial charge in [0, 0.05) is 30.6 Å². The molecule has 0 spiro atoms. The van der Waals surface area contributed by atoms with Crippen LogP contribution in [0.25, 0.3) is 0 Å². The Labute approximate surface area is 155 Å². The van der Waals surface area contributed by atoms with Crippen molar-refractivity contribution in [1.82, 2.24) is 14.7 Å². The SMILES string of the molecule is O=C(CCn1[nH]c(=O)ccc1=O)N1C2CCC1CC(c1ccc(F)cc1)C2. The van der Waals surface area contributed by atoms with Crippen LogP contribution in [-0.4, -0.2) is 32.7 Å². The number of carbonyl (C=O) groups is 1. The summed E-state index contributed by atoms with van der Waals surface area (Å²) in [5.74, 6) is 0.139. The van der Waals surface area contributed by atoms with Crippen LogP contribution < -0.4 is 11.1 Å². The van der Waals surface area contributed by atoms with Crippen LogP contribution in [0.2, 0.25) is 0 Å². The molecule has 0 aliphatic carbocycles. The first-order chi connectivity index (χ1) is 13.0. The predicted octanol–water partition coefficient (Wildman–Crippen LogP) is 2.00. The highest BCUT2D eigenvalue weighted by molar-refractivity contribution is 5.77. The van der Waals surface area contributed by atoms with Crippen molar-refractivity contribution in [2.75, 3.05) is 0 Å². The minimum atomic E-state index is -0.359. The first-order valence-electron chi connectivity index (χ1n) is 9.38. The molecular weight excluding hydrogens is 349 g/mol. The van der Waals surface area contributed by atoms with E-state index in [4.69, 9.17) is 0 Å². The lowest BCUT2D eigenvalue weighted by atomic mass is 9.85. The molecule has 4 rings (SSSR count). The molecule has 142 valence electrons. The molecule has 27 heavy (non-hydrogen) atoms. The number of rotatable bonds is 4. The van der Waals surface area contributed by atoms with Crippen molar-refractivity contribution < 1.29 is 9.18 Å². The van der Waals surface area contributed by atoms with Gasteiger partial charge in [0.05, 0.1) is 6.54 Å². The van der Waals surface area contributed by atoms with Crippen LogP contribution in [-0.2, 0) is 11.3 Å². The summed E-state index contributed by atoms with van der Waals surface area (Å²) in [5, 5.41) is 2.45. The van der Waals surface area contributed by atoms with E-state index in [2.05, 4.69) is 5.10 Å². The van der Waals surface area contributed by atoms with Gasteiger partial charge >= 0.3 is 0 Å². The second-order valence-corrected chi connectivity index (χ2v) is 7.46. The van der Waals surface area contributed by atoms with E-state index in [1.807, 2.05) is 17.0 Å². The van der Waals surface area contributed by atoms with Gasteiger partial charge in [0.2, 0.25) is 5.91 Å². The van der Waals surface area contributed by atoms with Crippen LogP contribution in [0.1, 0.15) is 43.6 Å². The summed E-state index contributed by atoms with van der Waals surface area (Å²) < 4.78 is 14.4. The predicted molar refractivity (Wildman–Crippen MR) is 98.0 cm³/mol. The molecule has 2 unspecified atom stereocenters. The zero-order valence-electron chi connectivity index (χ0n) is 14.9. The van der Waals surface area contributed by atoms with Crippen molar-refractivity contribution in [3.8, 4) is 0 Å².